The van der Waals surface area contributed by atoms with E-state index in [0.29, 0.717) is 18.8 Å². The van der Waals surface area contributed by atoms with Crippen LogP contribution >= 0.6 is 0 Å². The highest BCUT2D eigenvalue weighted by atomic mass is 19.4. The summed E-state index contributed by atoms with van der Waals surface area (Å²) in [6, 6.07) is 13.9. The molecule has 0 fully saturated rings. The van der Waals surface area contributed by atoms with E-state index in [1.54, 1.807) is 48.2 Å². The summed E-state index contributed by atoms with van der Waals surface area (Å²) in [5.74, 6) is -1.24. The highest BCUT2D eigenvalue weighted by Crippen LogP contribution is 2.32. The quantitative estimate of drug-likeness (QED) is 0.250. The average Bonchev–Trinajstić information content (AvgIpc) is 2.98. The van der Waals surface area contributed by atoms with Gasteiger partial charge in [0, 0.05) is 36.9 Å². The van der Waals surface area contributed by atoms with Crippen molar-refractivity contribution in [2.24, 2.45) is 5.92 Å². The monoisotopic (exact) mass is 628 g/mol. The fourth-order valence-electron chi connectivity index (χ4n) is 4.99. The smallest absolute Gasteiger partial charge is 0.416 e. The SMILES string of the molecule is C[C@@H]1CN([C@@H](C)CO)C(=O)c2cc(NC(=O)Nc3ccc(C(F)(F)F)cc3)ccc2O[C@H]1CN(C)Cc1ccc(C(=O)O)cc1. The molecule has 3 aromatic carbocycles. The van der Waals surface area contributed by atoms with Crippen LogP contribution < -0.4 is 15.4 Å². The Bertz CT molecular complexity index is 1510. The zero-order chi connectivity index (χ0) is 32.9. The normalized spacial score (nSPS) is 17.5. The highest BCUT2D eigenvalue weighted by Gasteiger charge is 2.34. The van der Waals surface area contributed by atoms with Gasteiger partial charge in [-0.1, -0.05) is 19.1 Å². The summed E-state index contributed by atoms with van der Waals surface area (Å²) in [6.07, 6.45) is -4.88. The van der Waals surface area contributed by atoms with E-state index in [1.165, 1.54) is 6.07 Å². The number of rotatable bonds is 9. The van der Waals surface area contributed by atoms with Gasteiger partial charge in [0.05, 0.1) is 29.3 Å². The molecule has 10 nitrogen and oxygen atoms in total. The lowest BCUT2D eigenvalue weighted by Crippen LogP contribution is -2.49. The standard InChI is InChI=1S/C32H35F3N4O6/c1-19-15-39(20(2)18-40)29(41)26-14-25(37-31(44)36-24-10-8-23(9-11-24)32(33,34)35)12-13-27(26)45-28(19)17-38(3)16-21-4-6-22(7-5-21)30(42)43/h4-14,19-20,28,40H,15-18H2,1-3H3,(H,42,43)(H2,36,37,44)/t19-,20+,28+/m1/s1. The van der Waals surface area contributed by atoms with Crippen LogP contribution in [-0.2, 0) is 12.7 Å². The van der Waals surface area contributed by atoms with Gasteiger partial charge < -0.3 is 30.5 Å². The van der Waals surface area contributed by atoms with E-state index >= 15 is 0 Å². The van der Waals surface area contributed by atoms with Crippen LogP contribution in [0.2, 0.25) is 0 Å². The van der Waals surface area contributed by atoms with Crippen molar-refractivity contribution in [1.82, 2.24) is 9.80 Å². The number of hydrogen-bond donors (Lipinski definition) is 4. The molecule has 1 aliphatic heterocycles. The Labute approximate surface area is 258 Å². The number of alkyl halides is 3. The molecule has 0 aliphatic carbocycles. The third kappa shape index (κ3) is 8.52. The van der Waals surface area contributed by atoms with Gasteiger partial charge in [-0.2, -0.15) is 13.2 Å². The molecular formula is C32H35F3N4O6. The number of aliphatic hydroxyl groups is 1. The molecule has 0 saturated carbocycles. The summed E-state index contributed by atoms with van der Waals surface area (Å²) in [5, 5.41) is 24.1. The molecule has 3 atom stereocenters. The number of anilines is 2. The van der Waals surface area contributed by atoms with Gasteiger partial charge in [0.15, 0.2) is 0 Å². The van der Waals surface area contributed by atoms with E-state index in [9.17, 15) is 32.7 Å². The minimum Gasteiger partial charge on any atom is -0.488 e. The Balaban J connectivity index is 1.52. The van der Waals surface area contributed by atoms with Crippen LogP contribution in [-0.4, -0.2) is 76.8 Å². The van der Waals surface area contributed by atoms with Gasteiger partial charge in [-0.05, 0) is 74.1 Å². The van der Waals surface area contributed by atoms with E-state index in [0.717, 1.165) is 29.8 Å². The zero-order valence-electron chi connectivity index (χ0n) is 25.0. The molecule has 0 bridgehead atoms. The second-order valence-electron chi connectivity index (χ2n) is 11.2. The van der Waals surface area contributed by atoms with Crippen molar-refractivity contribution in [1.29, 1.82) is 0 Å². The molecule has 0 radical (unpaired) electrons. The highest BCUT2D eigenvalue weighted by molar-refractivity contribution is 6.02. The van der Waals surface area contributed by atoms with E-state index in [1.807, 2.05) is 18.9 Å². The number of hydrogen-bond acceptors (Lipinski definition) is 6. The number of ether oxygens (including phenoxy) is 1. The number of fused-ring (bicyclic) bond motifs is 1. The number of nitrogens with zero attached hydrogens (tertiary/aromatic N) is 2. The maximum atomic E-state index is 13.7. The number of benzene rings is 3. The Morgan fingerprint density at radius 1 is 1.04 bits per heavy atom. The van der Waals surface area contributed by atoms with Crippen molar-refractivity contribution in [2.45, 2.75) is 38.7 Å². The number of carbonyl (C=O) groups excluding carboxylic acids is 2. The lowest BCUT2D eigenvalue weighted by Gasteiger charge is -2.38. The summed E-state index contributed by atoms with van der Waals surface area (Å²) < 4.78 is 44.9. The van der Waals surface area contributed by atoms with Crippen LogP contribution in [0.15, 0.2) is 66.7 Å². The van der Waals surface area contributed by atoms with E-state index in [2.05, 4.69) is 10.6 Å². The number of carboxylic acids is 1. The molecule has 0 aromatic heterocycles. The maximum Gasteiger partial charge on any atom is 0.416 e. The summed E-state index contributed by atoms with van der Waals surface area (Å²) in [7, 11) is 1.91. The second kappa shape index (κ2) is 14.0. The van der Waals surface area contributed by atoms with Crippen LogP contribution in [0.4, 0.5) is 29.3 Å². The van der Waals surface area contributed by atoms with Crippen LogP contribution in [0.25, 0.3) is 0 Å². The summed E-state index contributed by atoms with van der Waals surface area (Å²) in [5.41, 5.74) is 0.836. The van der Waals surface area contributed by atoms with Gasteiger partial charge in [0.2, 0.25) is 0 Å². The Kier molecular flexibility index (Phi) is 10.3. The largest absolute Gasteiger partial charge is 0.488 e. The first-order valence-corrected chi connectivity index (χ1v) is 14.2. The third-order valence-corrected chi connectivity index (χ3v) is 7.54. The minimum absolute atomic E-state index is 0.139. The Hall–Kier alpha value is -4.62. The second-order valence-corrected chi connectivity index (χ2v) is 11.2. The number of carboxylic acid groups (broad SMARTS) is 1. The number of urea groups is 1. The van der Waals surface area contributed by atoms with Crippen molar-refractivity contribution < 1.29 is 42.5 Å². The molecule has 3 amide bonds. The lowest BCUT2D eigenvalue weighted by atomic mass is 9.99. The van der Waals surface area contributed by atoms with Gasteiger partial charge in [-0.25, -0.2) is 9.59 Å². The topological polar surface area (TPSA) is 131 Å². The van der Waals surface area contributed by atoms with Gasteiger partial charge in [0.1, 0.15) is 11.9 Å². The number of aromatic carboxylic acids is 1. The molecule has 4 N–H and O–H groups in total. The van der Waals surface area contributed by atoms with Crippen LogP contribution in [0.1, 0.15) is 45.7 Å². The van der Waals surface area contributed by atoms with Crippen molar-refractivity contribution in [3.63, 3.8) is 0 Å². The van der Waals surface area contributed by atoms with Gasteiger partial charge >= 0.3 is 18.2 Å². The van der Waals surface area contributed by atoms with E-state index < -0.39 is 35.7 Å². The number of nitrogens with one attached hydrogen (secondary N) is 2. The van der Waals surface area contributed by atoms with E-state index in [-0.39, 0.29) is 47.7 Å². The summed E-state index contributed by atoms with van der Waals surface area (Å²) in [6.45, 7) is 4.69. The van der Waals surface area contributed by atoms with Crippen LogP contribution in [0, 0.1) is 5.92 Å². The molecule has 0 saturated heterocycles. The number of likely N-dealkylation sites (N-methyl/N-ethyl adjacent to an activating group) is 1. The summed E-state index contributed by atoms with van der Waals surface area (Å²) >= 11 is 0. The van der Waals surface area contributed by atoms with Gasteiger partial charge in [-0.3, -0.25) is 9.69 Å². The number of amides is 3. The molecular weight excluding hydrogens is 593 g/mol. The van der Waals surface area contributed by atoms with Crippen LogP contribution in [0.3, 0.4) is 0 Å². The first-order chi connectivity index (χ1) is 21.2. The molecule has 0 spiro atoms. The Morgan fingerprint density at radius 3 is 2.27 bits per heavy atom. The molecule has 0 unspecified atom stereocenters. The lowest BCUT2D eigenvalue weighted by molar-refractivity contribution is -0.137. The maximum absolute atomic E-state index is 13.7. The van der Waals surface area contributed by atoms with Crippen molar-refractivity contribution in [3.05, 3.63) is 89.0 Å². The van der Waals surface area contributed by atoms with Crippen molar-refractivity contribution in [2.75, 3.05) is 37.4 Å². The number of aliphatic hydroxyl groups excluding tert-OH is 1. The molecule has 1 heterocycles. The number of halogens is 3. The Morgan fingerprint density at radius 2 is 1.67 bits per heavy atom. The average molecular weight is 629 g/mol. The molecule has 240 valence electrons. The van der Waals surface area contributed by atoms with Gasteiger partial charge in [-0.15, -0.1) is 0 Å². The minimum atomic E-state index is -4.50. The molecule has 13 heteroatoms. The first-order valence-electron chi connectivity index (χ1n) is 14.2. The molecule has 45 heavy (non-hydrogen) atoms. The van der Waals surface area contributed by atoms with Crippen molar-refractivity contribution in [3.8, 4) is 5.75 Å². The zero-order valence-corrected chi connectivity index (χ0v) is 25.0. The van der Waals surface area contributed by atoms with E-state index in [4.69, 9.17) is 9.84 Å². The molecule has 1 aliphatic rings. The molecule has 4 rings (SSSR count). The fraction of sp³-hybridized carbons (Fsp3) is 0.344. The van der Waals surface area contributed by atoms with Crippen molar-refractivity contribution >= 4 is 29.3 Å². The number of carbonyl (C=O) groups is 3. The summed E-state index contributed by atoms with van der Waals surface area (Å²) in [4.78, 5) is 41.1. The van der Waals surface area contributed by atoms with Crippen LogP contribution in [0.5, 0.6) is 5.75 Å². The predicted octanol–water partition coefficient (Wildman–Crippen LogP) is 5.40. The molecule has 3 aromatic rings. The predicted molar refractivity (Wildman–Crippen MR) is 161 cm³/mol. The third-order valence-electron chi connectivity index (χ3n) is 7.54. The fourth-order valence-corrected chi connectivity index (χ4v) is 4.99. The first kappa shape index (κ1) is 33.3. The van der Waals surface area contributed by atoms with Gasteiger partial charge in [0.25, 0.3) is 5.91 Å².